The number of hydrogen-bond donors (Lipinski definition) is 0. The summed E-state index contributed by atoms with van der Waals surface area (Å²) < 4.78 is 23.4. The molecule has 0 unspecified atom stereocenters. The van der Waals surface area contributed by atoms with Gasteiger partial charge in [-0.15, -0.1) is 0 Å². The van der Waals surface area contributed by atoms with Crippen LogP contribution in [0.3, 0.4) is 0 Å². The molecule has 4 nitrogen and oxygen atoms in total. The zero-order valence-electron chi connectivity index (χ0n) is 15.1. The summed E-state index contributed by atoms with van der Waals surface area (Å²) in [6.07, 6.45) is 3.01. The number of para-hydroxylation sites is 1. The quantitative estimate of drug-likeness (QED) is 0.264. The molecule has 140 valence electrons. The van der Waals surface area contributed by atoms with Crippen LogP contribution in [0.25, 0.3) is 6.08 Å². The molecule has 0 fully saturated rings. The molecular weight excluding hydrogens is 359 g/mol. The van der Waals surface area contributed by atoms with Gasteiger partial charge in [0.1, 0.15) is 22.9 Å². The third kappa shape index (κ3) is 4.71. The monoisotopic (exact) mass is 376 g/mol. The Bertz CT molecular complexity index is 1010. The topological polar surface area (TPSA) is 52.6 Å². The highest BCUT2D eigenvalue weighted by atomic mass is 19.1. The predicted molar refractivity (Wildman–Crippen MR) is 104 cm³/mol. The summed E-state index contributed by atoms with van der Waals surface area (Å²) in [5.74, 6) is -0.360. The predicted octanol–water partition coefficient (Wildman–Crippen LogP) is 4.95. The zero-order chi connectivity index (χ0) is 19.9. The van der Waals surface area contributed by atoms with Crippen LogP contribution < -0.4 is 9.47 Å². The van der Waals surface area contributed by atoms with Gasteiger partial charge < -0.3 is 9.47 Å². The van der Waals surface area contributed by atoms with Crippen molar-refractivity contribution in [2.45, 2.75) is 0 Å². The van der Waals surface area contributed by atoms with Crippen LogP contribution in [0.5, 0.6) is 11.5 Å². The first-order valence-corrected chi connectivity index (χ1v) is 8.50. The minimum Gasteiger partial charge on any atom is -0.496 e. The molecule has 0 atom stereocenters. The number of esters is 1. The Morgan fingerprint density at radius 2 is 1.57 bits per heavy atom. The largest absolute Gasteiger partial charge is 0.496 e. The van der Waals surface area contributed by atoms with Crippen LogP contribution >= 0.6 is 0 Å². The van der Waals surface area contributed by atoms with Crippen molar-refractivity contribution in [2.24, 2.45) is 0 Å². The molecule has 5 heteroatoms. The molecule has 3 aromatic rings. The smallest absolute Gasteiger partial charge is 0.347 e. The van der Waals surface area contributed by atoms with Gasteiger partial charge in [0.25, 0.3) is 0 Å². The Balaban J connectivity index is 1.66. The number of halogens is 1. The van der Waals surface area contributed by atoms with Crippen LogP contribution in [0, 0.1) is 5.82 Å². The normalized spacial score (nSPS) is 10.6. The molecule has 3 aromatic carbocycles. The average molecular weight is 376 g/mol. The van der Waals surface area contributed by atoms with E-state index in [-0.39, 0.29) is 11.6 Å². The highest BCUT2D eigenvalue weighted by molar-refractivity contribution is 6.06. The zero-order valence-corrected chi connectivity index (χ0v) is 15.1. The van der Waals surface area contributed by atoms with Crippen molar-refractivity contribution in [2.75, 3.05) is 7.11 Å². The van der Waals surface area contributed by atoms with Gasteiger partial charge in [-0.25, -0.2) is 9.18 Å². The molecule has 0 aliphatic heterocycles. The van der Waals surface area contributed by atoms with Crippen LogP contribution in [0.4, 0.5) is 4.39 Å². The number of ketones is 1. The maximum Gasteiger partial charge on any atom is 0.347 e. The number of hydrogen-bond acceptors (Lipinski definition) is 4. The van der Waals surface area contributed by atoms with Crippen molar-refractivity contribution >= 4 is 17.8 Å². The highest BCUT2D eigenvalue weighted by Gasteiger charge is 2.14. The van der Waals surface area contributed by atoms with E-state index in [0.29, 0.717) is 22.6 Å². The number of ether oxygens (including phenoxy) is 2. The Kier molecular flexibility index (Phi) is 5.97. The van der Waals surface area contributed by atoms with Crippen molar-refractivity contribution in [3.8, 4) is 11.5 Å². The molecule has 0 amide bonds. The van der Waals surface area contributed by atoms with Crippen LogP contribution in [0.2, 0.25) is 0 Å². The van der Waals surface area contributed by atoms with Gasteiger partial charge in [0.05, 0.1) is 7.11 Å². The minimum absolute atomic E-state index is 0.216. The highest BCUT2D eigenvalue weighted by Crippen LogP contribution is 2.21. The first-order valence-electron chi connectivity index (χ1n) is 8.50. The number of benzene rings is 3. The van der Waals surface area contributed by atoms with E-state index in [1.54, 1.807) is 66.7 Å². The lowest BCUT2D eigenvalue weighted by molar-refractivity contribution is 0.0731. The van der Waals surface area contributed by atoms with E-state index in [2.05, 4.69) is 0 Å². The van der Waals surface area contributed by atoms with Crippen LogP contribution in [-0.2, 0) is 0 Å². The standard InChI is InChI=1S/C23H17FO4/c1-27-22-5-3-2-4-20(22)23(26)28-19-13-9-17(10-14-19)21(25)15-8-16-6-11-18(24)12-7-16/h2-15H,1H3. The molecule has 0 bridgehead atoms. The Labute approximate surface area is 161 Å². The lowest BCUT2D eigenvalue weighted by Gasteiger charge is -2.08. The Morgan fingerprint density at radius 3 is 2.25 bits per heavy atom. The summed E-state index contributed by atoms with van der Waals surface area (Å²) in [5.41, 5.74) is 1.47. The van der Waals surface area contributed by atoms with E-state index < -0.39 is 5.97 Å². The molecule has 0 aliphatic rings. The average Bonchev–Trinajstić information content (AvgIpc) is 2.73. The summed E-state index contributed by atoms with van der Waals surface area (Å²) >= 11 is 0. The van der Waals surface area contributed by atoms with Gasteiger partial charge >= 0.3 is 5.97 Å². The molecule has 0 heterocycles. The second-order valence-electron chi connectivity index (χ2n) is 5.86. The van der Waals surface area contributed by atoms with Gasteiger partial charge in [0.2, 0.25) is 0 Å². The first kappa shape index (κ1) is 19.0. The van der Waals surface area contributed by atoms with Crippen molar-refractivity contribution in [1.29, 1.82) is 0 Å². The summed E-state index contributed by atoms with van der Waals surface area (Å²) in [6, 6.07) is 18.8. The van der Waals surface area contributed by atoms with Crippen LogP contribution in [0.1, 0.15) is 26.3 Å². The molecule has 0 spiro atoms. The number of carbonyl (C=O) groups excluding carboxylic acids is 2. The maximum absolute atomic E-state index is 12.9. The Morgan fingerprint density at radius 1 is 0.893 bits per heavy atom. The number of carbonyl (C=O) groups is 2. The van der Waals surface area contributed by atoms with Crippen molar-refractivity contribution in [3.63, 3.8) is 0 Å². The number of allylic oxidation sites excluding steroid dienone is 1. The number of rotatable bonds is 6. The summed E-state index contributed by atoms with van der Waals surface area (Å²) in [7, 11) is 1.48. The molecule has 0 saturated carbocycles. The van der Waals surface area contributed by atoms with Crippen molar-refractivity contribution in [1.82, 2.24) is 0 Å². The SMILES string of the molecule is COc1ccccc1C(=O)Oc1ccc(C(=O)C=Cc2ccc(F)cc2)cc1. The molecule has 0 saturated heterocycles. The van der Waals surface area contributed by atoms with Gasteiger partial charge in [-0.05, 0) is 60.2 Å². The van der Waals surface area contributed by atoms with Gasteiger partial charge in [-0.3, -0.25) is 4.79 Å². The van der Waals surface area contributed by atoms with E-state index in [4.69, 9.17) is 9.47 Å². The Hall–Kier alpha value is -3.73. The molecular formula is C23H17FO4. The van der Waals surface area contributed by atoms with E-state index >= 15 is 0 Å². The van der Waals surface area contributed by atoms with Gasteiger partial charge in [0, 0.05) is 5.56 Å². The van der Waals surface area contributed by atoms with E-state index in [9.17, 15) is 14.0 Å². The third-order valence-electron chi connectivity index (χ3n) is 3.97. The van der Waals surface area contributed by atoms with E-state index in [1.165, 1.54) is 25.3 Å². The summed E-state index contributed by atoms with van der Waals surface area (Å²) in [5, 5.41) is 0. The van der Waals surface area contributed by atoms with Gasteiger partial charge in [0.15, 0.2) is 5.78 Å². The molecule has 28 heavy (non-hydrogen) atoms. The van der Waals surface area contributed by atoms with E-state index in [0.717, 1.165) is 5.56 Å². The third-order valence-corrected chi connectivity index (χ3v) is 3.97. The fourth-order valence-electron chi connectivity index (χ4n) is 2.50. The summed E-state index contributed by atoms with van der Waals surface area (Å²) in [6.45, 7) is 0. The fourth-order valence-corrected chi connectivity index (χ4v) is 2.50. The summed E-state index contributed by atoms with van der Waals surface area (Å²) in [4.78, 5) is 24.5. The van der Waals surface area contributed by atoms with Crippen LogP contribution in [0.15, 0.2) is 78.9 Å². The lowest BCUT2D eigenvalue weighted by atomic mass is 10.1. The second kappa shape index (κ2) is 8.77. The van der Waals surface area contributed by atoms with Crippen molar-refractivity contribution in [3.05, 3.63) is 101 Å². The van der Waals surface area contributed by atoms with E-state index in [1.807, 2.05) is 0 Å². The fraction of sp³-hybridized carbons (Fsp3) is 0.0435. The molecule has 0 N–H and O–H groups in total. The molecule has 3 rings (SSSR count). The molecule has 0 radical (unpaired) electrons. The maximum atomic E-state index is 12.9. The second-order valence-corrected chi connectivity index (χ2v) is 5.86. The minimum atomic E-state index is -0.548. The van der Waals surface area contributed by atoms with Crippen molar-refractivity contribution < 1.29 is 23.5 Å². The molecule has 0 aromatic heterocycles. The molecule has 0 aliphatic carbocycles. The van der Waals surface area contributed by atoms with Gasteiger partial charge in [-0.1, -0.05) is 30.3 Å². The lowest BCUT2D eigenvalue weighted by Crippen LogP contribution is -2.10. The van der Waals surface area contributed by atoms with Crippen LogP contribution in [-0.4, -0.2) is 18.9 Å². The number of methoxy groups -OCH3 is 1. The van der Waals surface area contributed by atoms with Gasteiger partial charge in [-0.2, -0.15) is 0 Å². The first-order chi connectivity index (χ1) is 13.6.